The van der Waals surface area contributed by atoms with E-state index in [4.69, 9.17) is 4.74 Å². The van der Waals surface area contributed by atoms with E-state index in [2.05, 4.69) is 10.6 Å². The Balaban J connectivity index is 1.93. The Hall–Kier alpha value is -3.15. The van der Waals surface area contributed by atoms with Crippen molar-refractivity contribution in [2.75, 3.05) is 18.5 Å². The second-order valence-corrected chi connectivity index (χ2v) is 5.57. The van der Waals surface area contributed by atoms with Crippen molar-refractivity contribution in [3.05, 3.63) is 65.7 Å². The molecule has 0 radical (unpaired) electrons. The van der Waals surface area contributed by atoms with E-state index < -0.39 is 18.3 Å². The van der Waals surface area contributed by atoms with E-state index in [9.17, 15) is 14.4 Å². The van der Waals surface area contributed by atoms with Crippen molar-refractivity contribution >= 4 is 23.5 Å². The van der Waals surface area contributed by atoms with Crippen LogP contribution in [0.2, 0.25) is 0 Å². The molecular weight excluding hydrogens is 332 g/mol. The summed E-state index contributed by atoms with van der Waals surface area (Å²) in [6.45, 7) is 2.37. The molecule has 6 heteroatoms. The molecule has 2 aromatic carbocycles. The highest BCUT2D eigenvalue weighted by Gasteiger charge is 2.15. The van der Waals surface area contributed by atoms with E-state index in [0.717, 1.165) is 5.56 Å². The number of esters is 1. The highest BCUT2D eigenvalue weighted by atomic mass is 16.5. The third kappa shape index (κ3) is 6.05. The number of carbonyl (C=O) groups excluding carboxylic acids is 3. The summed E-state index contributed by atoms with van der Waals surface area (Å²) in [4.78, 5) is 35.7. The number of hydrogen-bond acceptors (Lipinski definition) is 4. The fraction of sp³-hybridized carbons (Fsp3) is 0.250. The van der Waals surface area contributed by atoms with Crippen molar-refractivity contribution in [1.29, 1.82) is 0 Å². The molecule has 0 heterocycles. The Kier molecular flexibility index (Phi) is 7.36. The van der Waals surface area contributed by atoms with Crippen molar-refractivity contribution in [1.82, 2.24) is 5.32 Å². The Morgan fingerprint density at radius 3 is 2.38 bits per heavy atom. The summed E-state index contributed by atoms with van der Waals surface area (Å²) in [6.07, 6.45) is 0.321. The second kappa shape index (κ2) is 9.98. The zero-order valence-electron chi connectivity index (χ0n) is 14.7. The number of benzene rings is 2. The predicted molar refractivity (Wildman–Crippen MR) is 98.8 cm³/mol. The van der Waals surface area contributed by atoms with Gasteiger partial charge in [-0.2, -0.15) is 0 Å². The minimum absolute atomic E-state index is 0.215. The molecule has 0 aliphatic heterocycles. The summed E-state index contributed by atoms with van der Waals surface area (Å²) in [5.74, 6) is -1.41. The summed E-state index contributed by atoms with van der Waals surface area (Å²) >= 11 is 0. The Bertz CT molecular complexity index is 759. The molecule has 0 fully saturated rings. The molecule has 6 nitrogen and oxygen atoms in total. The molecule has 0 aliphatic carbocycles. The van der Waals surface area contributed by atoms with Gasteiger partial charge >= 0.3 is 5.97 Å². The zero-order chi connectivity index (χ0) is 18.8. The van der Waals surface area contributed by atoms with Crippen molar-refractivity contribution in [3.63, 3.8) is 0 Å². The van der Waals surface area contributed by atoms with E-state index in [-0.39, 0.29) is 12.5 Å². The molecule has 0 aliphatic rings. The SMILES string of the molecule is CCOC(=O)CC(=O)Nc1ccccc1C(=O)NCCc1ccccc1. The van der Waals surface area contributed by atoms with E-state index in [0.29, 0.717) is 24.2 Å². The van der Waals surface area contributed by atoms with E-state index >= 15 is 0 Å². The van der Waals surface area contributed by atoms with Gasteiger partial charge in [0.1, 0.15) is 6.42 Å². The average Bonchev–Trinajstić information content (AvgIpc) is 2.63. The van der Waals surface area contributed by atoms with Crippen LogP contribution in [-0.2, 0) is 20.7 Å². The number of hydrogen-bond donors (Lipinski definition) is 2. The van der Waals surface area contributed by atoms with Gasteiger partial charge in [0.05, 0.1) is 17.9 Å². The normalized spacial score (nSPS) is 10.0. The number of carbonyl (C=O) groups is 3. The number of nitrogens with one attached hydrogen (secondary N) is 2. The van der Waals surface area contributed by atoms with Crippen LogP contribution < -0.4 is 10.6 Å². The van der Waals surface area contributed by atoms with Crippen molar-refractivity contribution in [2.45, 2.75) is 19.8 Å². The molecule has 2 rings (SSSR count). The van der Waals surface area contributed by atoms with Gasteiger partial charge in [-0.15, -0.1) is 0 Å². The summed E-state index contributed by atoms with van der Waals surface area (Å²) in [5, 5.41) is 5.43. The van der Waals surface area contributed by atoms with E-state index in [1.54, 1.807) is 31.2 Å². The largest absolute Gasteiger partial charge is 0.466 e. The fourth-order valence-corrected chi connectivity index (χ4v) is 2.39. The number of anilines is 1. The first kappa shape index (κ1) is 19.2. The summed E-state index contributed by atoms with van der Waals surface area (Å²) in [7, 11) is 0. The van der Waals surface area contributed by atoms with Crippen LogP contribution in [0.25, 0.3) is 0 Å². The number of ether oxygens (including phenoxy) is 1. The van der Waals surface area contributed by atoms with Gasteiger partial charge in [0.2, 0.25) is 5.91 Å². The zero-order valence-corrected chi connectivity index (χ0v) is 14.7. The highest BCUT2D eigenvalue weighted by molar-refractivity contribution is 6.07. The lowest BCUT2D eigenvalue weighted by atomic mass is 10.1. The van der Waals surface area contributed by atoms with Gasteiger partial charge in [0, 0.05) is 6.54 Å². The van der Waals surface area contributed by atoms with Gasteiger partial charge in [-0.05, 0) is 31.0 Å². The van der Waals surface area contributed by atoms with Crippen LogP contribution in [0.3, 0.4) is 0 Å². The molecule has 0 spiro atoms. The molecular formula is C20H22N2O4. The first-order valence-electron chi connectivity index (χ1n) is 8.46. The number of amides is 2. The van der Waals surface area contributed by atoms with Gasteiger partial charge < -0.3 is 15.4 Å². The van der Waals surface area contributed by atoms with E-state index in [1.807, 2.05) is 30.3 Å². The average molecular weight is 354 g/mol. The summed E-state index contributed by atoms with van der Waals surface area (Å²) in [5.41, 5.74) is 1.83. The van der Waals surface area contributed by atoms with Crippen LogP contribution >= 0.6 is 0 Å². The molecule has 0 aromatic heterocycles. The Morgan fingerprint density at radius 1 is 0.962 bits per heavy atom. The standard InChI is InChI=1S/C20H22N2O4/c1-2-26-19(24)14-18(23)22-17-11-7-6-10-16(17)20(25)21-13-12-15-8-4-3-5-9-15/h3-11H,2,12-14H2,1H3,(H,21,25)(H,22,23). The smallest absolute Gasteiger partial charge is 0.315 e. The lowest BCUT2D eigenvalue weighted by molar-refractivity contribution is -0.145. The second-order valence-electron chi connectivity index (χ2n) is 5.57. The molecule has 0 unspecified atom stereocenters. The van der Waals surface area contributed by atoms with Crippen LogP contribution in [0.15, 0.2) is 54.6 Å². The number of para-hydroxylation sites is 1. The molecule has 2 N–H and O–H groups in total. The van der Waals surface area contributed by atoms with Gasteiger partial charge in [-0.3, -0.25) is 14.4 Å². The Morgan fingerprint density at radius 2 is 1.65 bits per heavy atom. The van der Waals surface area contributed by atoms with Gasteiger partial charge in [0.25, 0.3) is 5.91 Å². The van der Waals surface area contributed by atoms with Crippen molar-refractivity contribution < 1.29 is 19.1 Å². The molecule has 0 saturated heterocycles. The van der Waals surface area contributed by atoms with Crippen LogP contribution in [0.1, 0.15) is 29.3 Å². The maximum absolute atomic E-state index is 12.4. The first-order chi connectivity index (χ1) is 12.6. The molecule has 0 atom stereocenters. The fourth-order valence-electron chi connectivity index (χ4n) is 2.39. The number of rotatable bonds is 8. The highest BCUT2D eigenvalue weighted by Crippen LogP contribution is 2.15. The maximum atomic E-state index is 12.4. The molecule has 26 heavy (non-hydrogen) atoms. The van der Waals surface area contributed by atoms with Crippen LogP contribution in [-0.4, -0.2) is 30.9 Å². The van der Waals surface area contributed by atoms with E-state index in [1.165, 1.54) is 0 Å². The topological polar surface area (TPSA) is 84.5 Å². The quantitative estimate of drug-likeness (QED) is 0.564. The maximum Gasteiger partial charge on any atom is 0.315 e. The third-order valence-corrected chi connectivity index (χ3v) is 3.60. The third-order valence-electron chi connectivity index (χ3n) is 3.60. The van der Waals surface area contributed by atoms with Crippen LogP contribution in [0, 0.1) is 0 Å². The summed E-state index contributed by atoms with van der Waals surface area (Å²) < 4.78 is 4.74. The first-order valence-corrected chi connectivity index (χ1v) is 8.46. The van der Waals surface area contributed by atoms with Crippen molar-refractivity contribution in [3.8, 4) is 0 Å². The van der Waals surface area contributed by atoms with Crippen LogP contribution in [0.5, 0.6) is 0 Å². The van der Waals surface area contributed by atoms with Crippen LogP contribution in [0.4, 0.5) is 5.69 Å². The molecule has 2 amide bonds. The molecule has 0 bridgehead atoms. The lowest BCUT2D eigenvalue weighted by Crippen LogP contribution is -2.27. The van der Waals surface area contributed by atoms with Gasteiger partial charge in [-0.25, -0.2) is 0 Å². The Labute approximate surface area is 152 Å². The molecule has 2 aromatic rings. The van der Waals surface area contributed by atoms with Gasteiger partial charge in [-0.1, -0.05) is 42.5 Å². The van der Waals surface area contributed by atoms with Gasteiger partial charge in [0.15, 0.2) is 0 Å². The monoisotopic (exact) mass is 354 g/mol. The summed E-state index contributed by atoms with van der Waals surface area (Å²) in [6, 6.07) is 16.5. The molecule has 136 valence electrons. The minimum atomic E-state index is -0.602. The lowest BCUT2D eigenvalue weighted by Gasteiger charge is -2.11. The van der Waals surface area contributed by atoms with Crippen molar-refractivity contribution in [2.24, 2.45) is 0 Å². The predicted octanol–water partition coefficient (Wildman–Crippen LogP) is 2.55. The minimum Gasteiger partial charge on any atom is -0.466 e. The molecule has 0 saturated carbocycles.